The first-order chi connectivity index (χ1) is 10.4. The molecule has 7 heteroatoms. The van der Waals surface area contributed by atoms with Crippen molar-refractivity contribution in [2.24, 2.45) is 5.92 Å². The summed E-state index contributed by atoms with van der Waals surface area (Å²) < 4.78 is 13.2. The lowest BCUT2D eigenvalue weighted by Crippen LogP contribution is -2.47. The lowest BCUT2D eigenvalue weighted by atomic mass is 9.98. The summed E-state index contributed by atoms with van der Waals surface area (Å²) in [6.07, 6.45) is 1.25. The Kier molecular flexibility index (Phi) is 5.24. The molecule has 5 nitrogen and oxygen atoms in total. The van der Waals surface area contributed by atoms with Gasteiger partial charge in [0.15, 0.2) is 0 Å². The van der Waals surface area contributed by atoms with Gasteiger partial charge in [0.25, 0.3) is 0 Å². The Hall–Kier alpha value is -1.82. The van der Waals surface area contributed by atoms with E-state index in [4.69, 9.17) is 16.7 Å². The number of nitrogens with one attached hydrogen (secondary N) is 1. The number of rotatable bonds is 3. The van der Waals surface area contributed by atoms with Gasteiger partial charge >= 0.3 is 12.0 Å². The van der Waals surface area contributed by atoms with Crippen LogP contribution in [0, 0.1) is 11.7 Å². The van der Waals surface area contributed by atoms with Gasteiger partial charge in [-0.25, -0.2) is 9.18 Å². The molecule has 1 aliphatic rings. The summed E-state index contributed by atoms with van der Waals surface area (Å²) in [7, 11) is 0. The number of carboxylic acids is 1. The average molecular weight is 329 g/mol. The van der Waals surface area contributed by atoms with Crippen LogP contribution in [0.15, 0.2) is 18.2 Å². The van der Waals surface area contributed by atoms with Crippen molar-refractivity contribution in [3.8, 4) is 0 Å². The molecule has 1 saturated heterocycles. The van der Waals surface area contributed by atoms with Crippen LogP contribution in [0.5, 0.6) is 0 Å². The zero-order valence-electron chi connectivity index (χ0n) is 12.2. The lowest BCUT2D eigenvalue weighted by Gasteiger charge is -2.31. The molecule has 0 spiro atoms. The smallest absolute Gasteiger partial charge is 0.317 e. The van der Waals surface area contributed by atoms with Crippen LogP contribution in [0.1, 0.15) is 31.4 Å². The van der Waals surface area contributed by atoms with Gasteiger partial charge < -0.3 is 15.3 Å². The standard InChI is InChI=1S/C15H18ClFN2O3/c1-9(10-4-5-13(17)12(16)7-10)18-15(22)19-6-2-3-11(8-19)14(20)21/h4-5,7,9,11H,2-3,6,8H2,1H3,(H,18,22)(H,20,21). The maximum atomic E-state index is 13.2. The van der Waals surface area contributed by atoms with Gasteiger partial charge in [0.2, 0.25) is 0 Å². The van der Waals surface area contributed by atoms with Crippen molar-refractivity contribution in [3.05, 3.63) is 34.6 Å². The first-order valence-electron chi connectivity index (χ1n) is 7.11. The third-order valence-corrected chi connectivity index (χ3v) is 4.13. The fourth-order valence-corrected chi connectivity index (χ4v) is 2.69. The summed E-state index contributed by atoms with van der Waals surface area (Å²) in [4.78, 5) is 24.7. The monoisotopic (exact) mass is 328 g/mol. The van der Waals surface area contributed by atoms with E-state index in [2.05, 4.69) is 5.32 Å². The van der Waals surface area contributed by atoms with E-state index < -0.39 is 17.7 Å². The molecular formula is C15H18ClFN2O3. The van der Waals surface area contributed by atoms with Crippen LogP contribution < -0.4 is 5.32 Å². The fraction of sp³-hybridized carbons (Fsp3) is 0.467. The predicted octanol–water partition coefficient (Wildman–Crippen LogP) is 3.05. The summed E-state index contributed by atoms with van der Waals surface area (Å²) >= 11 is 5.73. The van der Waals surface area contributed by atoms with E-state index in [0.717, 1.165) is 0 Å². The van der Waals surface area contributed by atoms with E-state index >= 15 is 0 Å². The molecule has 0 aromatic heterocycles. The Labute approximate surface area is 133 Å². The topological polar surface area (TPSA) is 69.6 Å². The second-order valence-electron chi connectivity index (χ2n) is 5.47. The van der Waals surface area contributed by atoms with E-state index in [1.54, 1.807) is 13.0 Å². The van der Waals surface area contributed by atoms with Crippen LogP contribution in [-0.4, -0.2) is 35.1 Å². The number of piperidine rings is 1. The number of urea groups is 1. The molecule has 2 atom stereocenters. The van der Waals surface area contributed by atoms with Gasteiger partial charge in [0.1, 0.15) is 5.82 Å². The molecule has 2 amide bonds. The number of amides is 2. The summed E-state index contributed by atoms with van der Waals surface area (Å²) in [6, 6.07) is 3.61. The van der Waals surface area contributed by atoms with E-state index in [9.17, 15) is 14.0 Å². The molecule has 2 rings (SSSR count). The Bertz CT molecular complexity index is 582. The number of aliphatic carboxylic acids is 1. The van der Waals surface area contributed by atoms with Gasteiger partial charge in [-0.2, -0.15) is 0 Å². The number of halogens is 2. The van der Waals surface area contributed by atoms with Crippen LogP contribution in [0.3, 0.4) is 0 Å². The van der Waals surface area contributed by atoms with Crippen LogP contribution in [0.25, 0.3) is 0 Å². The highest BCUT2D eigenvalue weighted by atomic mass is 35.5. The number of likely N-dealkylation sites (tertiary alicyclic amines) is 1. The maximum absolute atomic E-state index is 13.2. The second kappa shape index (κ2) is 6.96. The SMILES string of the molecule is CC(NC(=O)N1CCCC(C(=O)O)C1)c1ccc(F)c(Cl)c1. The molecule has 1 aromatic carbocycles. The molecule has 0 radical (unpaired) electrons. The zero-order valence-corrected chi connectivity index (χ0v) is 12.9. The van der Waals surface area contributed by atoms with Crippen LogP contribution in [0.2, 0.25) is 5.02 Å². The number of carboxylic acid groups (broad SMARTS) is 1. The van der Waals surface area contributed by atoms with Crippen molar-refractivity contribution in [3.63, 3.8) is 0 Å². The molecule has 0 saturated carbocycles. The van der Waals surface area contributed by atoms with Gasteiger partial charge in [-0.15, -0.1) is 0 Å². The minimum Gasteiger partial charge on any atom is -0.481 e. The minimum absolute atomic E-state index is 0.00233. The average Bonchev–Trinajstić information content (AvgIpc) is 2.50. The number of carbonyl (C=O) groups is 2. The van der Waals surface area contributed by atoms with Gasteiger partial charge in [0.05, 0.1) is 17.0 Å². The van der Waals surface area contributed by atoms with Crippen molar-refractivity contribution in [1.82, 2.24) is 10.2 Å². The summed E-state index contributed by atoms with van der Waals surface area (Å²) in [5.41, 5.74) is 0.687. The predicted molar refractivity (Wildman–Crippen MR) is 80.3 cm³/mol. The third-order valence-electron chi connectivity index (χ3n) is 3.84. The quantitative estimate of drug-likeness (QED) is 0.896. The van der Waals surface area contributed by atoms with Gasteiger partial charge in [-0.05, 0) is 37.5 Å². The van der Waals surface area contributed by atoms with E-state index in [0.29, 0.717) is 24.9 Å². The number of hydrogen-bond donors (Lipinski definition) is 2. The van der Waals surface area contributed by atoms with Crippen molar-refractivity contribution < 1.29 is 19.1 Å². The zero-order chi connectivity index (χ0) is 16.3. The summed E-state index contributed by atoms with van der Waals surface area (Å²) in [5, 5.41) is 11.8. The largest absolute Gasteiger partial charge is 0.481 e. The van der Waals surface area contributed by atoms with Crippen molar-refractivity contribution >= 4 is 23.6 Å². The molecule has 1 heterocycles. The Morgan fingerprint density at radius 2 is 2.23 bits per heavy atom. The molecule has 120 valence electrons. The summed E-state index contributed by atoms with van der Waals surface area (Å²) in [6.45, 7) is 2.50. The Morgan fingerprint density at radius 3 is 2.86 bits per heavy atom. The highest BCUT2D eigenvalue weighted by Gasteiger charge is 2.28. The molecule has 0 aliphatic carbocycles. The van der Waals surface area contributed by atoms with Crippen molar-refractivity contribution in [2.45, 2.75) is 25.8 Å². The number of hydrogen-bond acceptors (Lipinski definition) is 2. The molecular weight excluding hydrogens is 311 g/mol. The molecule has 0 bridgehead atoms. The highest BCUT2D eigenvalue weighted by Crippen LogP contribution is 2.22. The Morgan fingerprint density at radius 1 is 1.50 bits per heavy atom. The Balaban J connectivity index is 1.98. The van der Waals surface area contributed by atoms with Crippen LogP contribution in [0.4, 0.5) is 9.18 Å². The number of nitrogens with zero attached hydrogens (tertiary/aromatic N) is 1. The number of carbonyl (C=O) groups excluding carboxylic acids is 1. The van der Waals surface area contributed by atoms with E-state index in [1.165, 1.54) is 17.0 Å². The third kappa shape index (κ3) is 3.88. The van der Waals surface area contributed by atoms with Gasteiger partial charge in [-0.3, -0.25) is 4.79 Å². The van der Waals surface area contributed by atoms with Gasteiger partial charge in [0, 0.05) is 13.1 Å². The second-order valence-corrected chi connectivity index (χ2v) is 5.88. The first-order valence-corrected chi connectivity index (χ1v) is 7.49. The highest BCUT2D eigenvalue weighted by molar-refractivity contribution is 6.30. The van der Waals surface area contributed by atoms with Gasteiger partial charge in [-0.1, -0.05) is 17.7 Å². The van der Waals surface area contributed by atoms with Crippen molar-refractivity contribution in [2.75, 3.05) is 13.1 Å². The maximum Gasteiger partial charge on any atom is 0.317 e. The first kappa shape index (κ1) is 16.5. The molecule has 2 unspecified atom stereocenters. The molecule has 1 aliphatic heterocycles. The minimum atomic E-state index is -0.879. The summed E-state index contributed by atoms with van der Waals surface area (Å²) in [5.74, 6) is -1.91. The van der Waals surface area contributed by atoms with Crippen molar-refractivity contribution in [1.29, 1.82) is 0 Å². The molecule has 2 N–H and O–H groups in total. The lowest BCUT2D eigenvalue weighted by molar-refractivity contribution is -0.143. The number of benzene rings is 1. The molecule has 1 aromatic rings. The van der Waals surface area contributed by atoms with E-state index in [-0.39, 0.29) is 23.6 Å². The normalized spacial score (nSPS) is 19.6. The molecule has 1 fully saturated rings. The molecule has 22 heavy (non-hydrogen) atoms. The fourth-order valence-electron chi connectivity index (χ4n) is 2.50. The van der Waals surface area contributed by atoms with E-state index in [1.807, 2.05) is 0 Å². The van der Waals surface area contributed by atoms with Crippen LogP contribution >= 0.6 is 11.6 Å². The van der Waals surface area contributed by atoms with Crippen LogP contribution in [-0.2, 0) is 4.79 Å².